The molecule has 5 nitrogen and oxygen atoms in total. The molecule has 1 N–H and O–H groups in total. The summed E-state index contributed by atoms with van der Waals surface area (Å²) in [5, 5.41) is 8.09. The van der Waals surface area contributed by atoms with Gasteiger partial charge in [0.1, 0.15) is 0 Å². The number of nitrogens with one attached hydrogen (secondary N) is 1. The third kappa shape index (κ3) is 4.69. The van der Waals surface area contributed by atoms with Crippen molar-refractivity contribution in [2.45, 2.75) is 19.6 Å². The van der Waals surface area contributed by atoms with Crippen LogP contribution >= 0.6 is 24.8 Å². The molecule has 1 saturated heterocycles. The van der Waals surface area contributed by atoms with E-state index in [-0.39, 0.29) is 24.8 Å². The van der Waals surface area contributed by atoms with Crippen LogP contribution in [0.25, 0.3) is 0 Å². The molecule has 3 heterocycles. The Bertz CT molecular complexity index is 417. The fourth-order valence-corrected chi connectivity index (χ4v) is 2.87. The van der Waals surface area contributed by atoms with Crippen molar-refractivity contribution in [2.75, 3.05) is 39.3 Å². The van der Waals surface area contributed by atoms with Gasteiger partial charge in [0.2, 0.25) is 0 Å². The summed E-state index contributed by atoms with van der Waals surface area (Å²) in [4.78, 5) is 4.95. The molecule has 2 aliphatic heterocycles. The molecule has 0 aromatic carbocycles. The number of hydrogen-bond donors (Lipinski definition) is 1. The van der Waals surface area contributed by atoms with Crippen molar-refractivity contribution < 1.29 is 0 Å². The zero-order valence-corrected chi connectivity index (χ0v) is 14.0. The molecule has 0 aliphatic carbocycles. The van der Waals surface area contributed by atoms with Gasteiger partial charge in [0.25, 0.3) is 0 Å². The van der Waals surface area contributed by atoms with E-state index in [1.165, 1.54) is 11.4 Å². The molecule has 1 aromatic rings. The third-order valence-electron chi connectivity index (χ3n) is 3.96. The Labute approximate surface area is 139 Å². The summed E-state index contributed by atoms with van der Waals surface area (Å²) in [5.74, 6) is 0. The Hall–Kier alpha value is -0.590. The fraction of sp³-hybridized carbons (Fsp3) is 0.643. The first-order valence-electron chi connectivity index (χ1n) is 7.17. The lowest BCUT2D eigenvalue weighted by Crippen LogP contribution is -2.45. The van der Waals surface area contributed by atoms with E-state index in [1.54, 1.807) is 0 Å². The lowest BCUT2D eigenvalue weighted by atomic mass is 10.2. The predicted molar refractivity (Wildman–Crippen MR) is 90.3 cm³/mol. The summed E-state index contributed by atoms with van der Waals surface area (Å²) in [5.41, 5.74) is 2.54. The molecule has 0 amide bonds. The van der Waals surface area contributed by atoms with Crippen LogP contribution in [-0.4, -0.2) is 58.8 Å². The Morgan fingerprint density at radius 3 is 2.52 bits per heavy atom. The highest BCUT2D eigenvalue weighted by Crippen LogP contribution is 2.11. The van der Waals surface area contributed by atoms with Gasteiger partial charge in [-0.15, -0.1) is 31.4 Å². The monoisotopic (exact) mass is 333 g/mol. The van der Waals surface area contributed by atoms with Gasteiger partial charge in [-0.3, -0.25) is 14.5 Å². The molecule has 0 saturated carbocycles. The molecule has 0 bridgehead atoms. The molecule has 0 spiro atoms. The molecular formula is C14H25Cl2N5. The second-order valence-corrected chi connectivity index (χ2v) is 5.39. The summed E-state index contributed by atoms with van der Waals surface area (Å²) in [6, 6.07) is 2.25. The van der Waals surface area contributed by atoms with Crippen molar-refractivity contribution in [3.05, 3.63) is 30.1 Å². The molecule has 0 atom stereocenters. The van der Waals surface area contributed by atoms with Crippen LogP contribution in [0.2, 0.25) is 0 Å². The predicted octanol–water partition coefficient (Wildman–Crippen LogP) is 1.13. The van der Waals surface area contributed by atoms with Crippen LogP contribution in [0.15, 0.2) is 18.7 Å². The molecule has 3 rings (SSSR count). The first kappa shape index (κ1) is 18.5. The van der Waals surface area contributed by atoms with Gasteiger partial charge in [-0.25, -0.2) is 0 Å². The van der Waals surface area contributed by atoms with Crippen molar-refractivity contribution in [3.8, 4) is 0 Å². The maximum absolute atomic E-state index is 4.71. The summed E-state index contributed by atoms with van der Waals surface area (Å²) < 4.78 is 2.15. The van der Waals surface area contributed by atoms with E-state index >= 15 is 0 Å². The van der Waals surface area contributed by atoms with Gasteiger partial charge in [0.15, 0.2) is 0 Å². The molecule has 1 fully saturated rings. The average Bonchev–Trinajstić information content (AvgIpc) is 2.83. The standard InChI is InChI=1S/C14H23N5.2ClH/c1-2-4-17-6-8-18(9-7-17)12-13-10-14-11-15-3-5-19(14)16-13;;/h2,10,15H,1,3-9,11-12H2;2*1H. The Morgan fingerprint density at radius 1 is 1.14 bits per heavy atom. The van der Waals surface area contributed by atoms with Crippen LogP contribution in [0.4, 0.5) is 0 Å². The molecule has 0 radical (unpaired) electrons. The normalized spacial score (nSPS) is 19.2. The van der Waals surface area contributed by atoms with Crippen LogP contribution in [0, 0.1) is 0 Å². The second-order valence-electron chi connectivity index (χ2n) is 5.39. The van der Waals surface area contributed by atoms with Crippen molar-refractivity contribution in [2.24, 2.45) is 0 Å². The van der Waals surface area contributed by atoms with Gasteiger partial charge < -0.3 is 5.32 Å². The summed E-state index contributed by atoms with van der Waals surface area (Å²) in [6.45, 7) is 13.3. The molecular weight excluding hydrogens is 309 g/mol. The maximum Gasteiger partial charge on any atom is 0.0768 e. The summed E-state index contributed by atoms with van der Waals surface area (Å²) >= 11 is 0. The SMILES string of the molecule is C=CCN1CCN(Cc2cc3n(n2)CCNC3)CC1.Cl.Cl. The van der Waals surface area contributed by atoms with Gasteiger partial charge in [0, 0.05) is 52.4 Å². The van der Waals surface area contributed by atoms with Crippen LogP contribution in [-0.2, 0) is 19.6 Å². The van der Waals surface area contributed by atoms with Gasteiger partial charge in [-0.2, -0.15) is 5.10 Å². The van der Waals surface area contributed by atoms with E-state index in [4.69, 9.17) is 5.10 Å². The van der Waals surface area contributed by atoms with E-state index in [1.807, 2.05) is 6.08 Å². The van der Waals surface area contributed by atoms with Crippen LogP contribution in [0.5, 0.6) is 0 Å². The number of fused-ring (bicyclic) bond motifs is 1. The molecule has 2 aliphatic rings. The zero-order valence-electron chi connectivity index (χ0n) is 12.3. The fourth-order valence-electron chi connectivity index (χ4n) is 2.87. The van der Waals surface area contributed by atoms with Gasteiger partial charge in [-0.1, -0.05) is 6.08 Å². The number of rotatable bonds is 4. The number of aromatic nitrogens is 2. The molecule has 1 aromatic heterocycles. The second kappa shape index (κ2) is 8.76. The quantitative estimate of drug-likeness (QED) is 0.838. The third-order valence-corrected chi connectivity index (χ3v) is 3.96. The lowest BCUT2D eigenvalue weighted by Gasteiger charge is -2.33. The van der Waals surface area contributed by atoms with Crippen LogP contribution in [0.1, 0.15) is 11.4 Å². The number of halogens is 2. The van der Waals surface area contributed by atoms with Gasteiger partial charge >= 0.3 is 0 Å². The first-order valence-corrected chi connectivity index (χ1v) is 7.17. The number of hydrogen-bond acceptors (Lipinski definition) is 4. The number of nitrogens with zero attached hydrogens (tertiary/aromatic N) is 4. The van der Waals surface area contributed by atoms with E-state index < -0.39 is 0 Å². The number of piperazine rings is 1. The molecule has 7 heteroatoms. The highest BCUT2D eigenvalue weighted by Gasteiger charge is 2.18. The van der Waals surface area contributed by atoms with Crippen molar-refractivity contribution in [3.63, 3.8) is 0 Å². The lowest BCUT2D eigenvalue weighted by molar-refractivity contribution is 0.135. The minimum Gasteiger partial charge on any atom is -0.309 e. The van der Waals surface area contributed by atoms with E-state index in [9.17, 15) is 0 Å². The Kier molecular flexibility index (Phi) is 7.70. The molecule has 21 heavy (non-hydrogen) atoms. The Morgan fingerprint density at radius 2 is 1.86 bits per heavy atom. The van der Waals surface area contributed by atoms with Crippen molar-refractivity contribution >= 4 is 24.8 Å². The minimum absolute atomic E-state index is 0. The minimum atomic E-state index is 0. The topological polar surface area (TPSA) is 36.3 Å². The van der Waals surface area contributed by atoms with E-state index in [0.717, 1.165) is 58.9 Å². The Balaban J connectivity index is 0.00000110. The molecule has 0 unspecified atom stereocenters. The van der Waals surface area contributed by atoms with Crippen molar-refractivity contribution in [1.29, 1.82) is 0 Å². The first-order chi connectivity index (χ1) is 9.35. The largest absolute Gasteiger partial charge is 0.309 e. The highest BCUT2D eigenvalue weighted by molar-refractivity contribution is 5.85. The van der Waals surface area contributed by atoms with Gasteiger partial charge in [-0.05, 0) is 6.07 Å². The van der Waals surface area contributed by atoms with Crippen LogP contribution < -0.4 is 5.32 Å². The van der Waals surface area contributed by atoms with E-state index in [0.29, 0.717) is 0 Å². The highest BCUT2D eigenvalue weighted by atomic mass is 35.5. The summed E-state index contributed by atoms with van der Waals surface area (Å²) in [7, 11) is 0. The smallest absolute Gasteiger partial charge is 0.0768 e. The van der Waals surface area contributed by atoms with Gasteiger partial charge in [0.05, 0.1) is 17.9 Å². The summed E-state index contributed by atoms with van der Waals surface area (Å²) in [6.07, 6.45) is 1.99. The average molecular weight is 334 g/mol. The molecule has 120 valence electrons. The van der Waals surface area contributed by atoms with E-state index in [2.05, 4.69) is 32.4 Å². The maximum atomic E-state index is 4.71. The zero-order chi connectivity index (χ0) is 13.1. The van der Waals surface area contributed by atoms with Crippen molar-refractivity contribution in [1.82, 2.24) is 24.9 Å². The van der Waals surface area contributed by atoms with Crippen LogP contribution in [0.3, 0.4) is 0 Å².